The molecule has 1 aromatic rings. The van der Waals surface area contributed by atoms with Gasteiger partial charge in [-0.05, 0) is 43.9 Å². The predicted octanol–water partition coefficient (Wildman–Crippen LogP) is 2.38. The molecule has 1 fully saturated rings. The molecule has 18 heavy (non-hydrogen) atoms. The molecule has 0 atom stereocenters. The number of allylic oxidation sites excluding steroid dienone is 1. The minimum absolute atomic E-state index is 0.150. The summed E-state index contributed by atoms with van der Waals surface area (Å²) >= 11 is 0. The number of anilines is 1. The second-order valence-electron chi connectivity index (χ2n) is 4.82. The summed E-state index contributed by atoms with van der Waals surface area (Å²) in [4.78, 5) is 12.2. The number of carbonyl (C=O) groups excluding carboxylic acids is 1. The zero-order valence-corrected chi connectivity index (χ0v) is 10.8. The summed E-state index contributed by atoms with van der Waals surface area (Å²) in [6.45, 7) is 2.69. The standard InChI is InChI=1S/C15H20N2O/c1-2-3-4-11-17-14(18)15(9-10-15)12-5-7-13(16)8-6-12/h2-3,5-8H,4,9-11,16H2,1H3,(H,17,18)/b3-2+. The molecule has 1 aliphatic rings. The molecule has 3 N–H and O–H groups in total. The van der Waals surface area contributed by atoms with Gasteiger partial charge in [0.1, 0.15) is 0 Å². The first-order valence-corrected chi connectivity index (χ1v) is 6.44. The number of amides is 1. The summed E-state index contributed by atoms with van der Waals surface area (Å²) in [7, 11) is 0. The van der Waals surface area contributed by atoms with Crippen molar-refractivity contribution < 1.29 is 4.79 Å². The average molecular weight is 244 g/mol. The van der Waals surface area contributed by atoms with E-state index in [1.54, 1.807) is 0 Å². The smallest absolute Gasteiger partial charge is 0.230 e. The highest BCUT2D eigenvalue weighted by molar-refractivity contribution is 5.91. The van der Waals surface area contributed by atoms with Gasteiger partial charge in [-0.1, -0.05) is 24.3 Å². The van der Waals surface area contributed by atoms with Crippen molar-refractivity contribution in [2.24, 2.45) is 0 Å². The Morgan fingerprint density at radius 1 is 1.39 bits per heavy atom. The van der Waals surface area contributed by atoms with Crippen LogP contribution >= 0.6 is 0 Å². The lowest BCUT2D eigenvalue weighted by atomic mass is 9.95. The van der Waals surface area contributed by atoms with Crippen LogP contribution in [0.25, 0.3) is 0 Å². The quantitative estimate of drug-likeness (QED) is 0.474. The van der Waals surface area contributed by atoms with E-state index in [9.17, 15) is 4.79 Å². The third-order valence-electron chi connectivity index (χ3n) is 3.48. The van der Waals surface area contributed by atoms with E-state index in [1.165, 1.54) is 0 Å². The zero-order chi connectivity index (χ0) is 13.0. The maximum atomic E-state index is 12.2. The molecule has 2 rings (SSSR count). The van der Waals surface area contributed by atoms with Crippen LogP contribution in [0.5, 0.6) is 0 Å². The van der Waals surface area contributed by atoms with Gasteiger partial charge in [0.05, 0.1) is 5.41 Å². The van der Waals surface area contributed by atoms with Crippen LogP contribution in [0.2, 0.25) is 0 Å². The maximum Gasteiger partial charge on any atom is 0.230 e. The number of rotatable bonds is 5. The van der Waals surface area contributed by atoms with E-state index in [-0.39, 0.29) is 11.3 Å². The van der Waals surface area contributed by atoms with Crippen LogP contribution in [-0.4, -0.2) is 12.5 Å². The van der Waals surface area contributed by atoms with Crippen molar-refractivity contribution in [2.45, 2.75) is 31.6 Å². The molecule has 3 nitrogen and oxygen atoms in total. The number of nitrogens with two attached hydrogens (primary N) is 1. The number of hydrogen-bond acceptors (Lipinski definition) is 2. The van der Waals surface area contributed by atoms with Gasteiger partial charge in [-0.3, -0.25) is 4.79 Å². The topological polar surface area (TPSA) is 55.1 Å². The number of carbonyl (C=O) groups is 1. The fraction of sp³-hybridized carbons (Fsp3) is 0.400. The first-order chi connectivity index (χ1) is 8.69. The molecule has 1 amide bonds. The Morgan fingerprint density at radius 2 is 2.06 bits per heavy atom. The monoisotopic (exact) mass is 244 g/mol. The van der Waals surface area contributed by atoms with Crippen molar-refractivity contribution in [3.63, 3.8) is 0 Å². The van der Waals surface area contributed by atoms with Gasteiger partial charge >= 0.3 is 0 Å². The number of nitrogen functional groups attached to an aromatic ring is 1. The molecule has 0 spiro atoms. The predicted molar refractivity (Wildman–Crippen MR) is 74.2 cm³/mol. The SMILES string of the molecule is C/C=C/CCNC(=O)C1(c2ccc(N)cc2)CC1. The molecule has 0 bridgehead atoms. The number of hydrogen-bond donors (Lipinski definition) is 2. The molecule has 1 saturated carbocycles. The van der Waals surface area contributed by atoms with E-state index in [0.717, 1.165) is 30.5 Å². The Kier molecular flexibility index (Phi) is 3.70. The number of nitrogens with one attached hydrogen (secondary N) is 1. The van der Waals surface area contributed by atoms with Crippen molar-refractivity contribution in [2.75, 3.05) is 12.3 Å². The third-order valence-corrected chi connectivity index (χ3v) is 3.48. The lowest BCUT2D eigenvalue weighted by Crippen LogP contribution is -2.35. The number of benzene rings is 1. The fourth-order valence-electron chi connectivity index (χ4n) is 2.18. The first kappa shape index (κ1) is 12.7. The van der Waals surface area contributed by atoms with Crippen LogP contribution in [0.3, 0.4) is 0 Å². The van der Waals surface area contributed by atoms with E-state index >= 15 is 0 Å². The van der Waals surface area contributed by atoms with Gasteiger partial charge in [0.2, 0.25) is 5.91 Å². The molecule has 1 aliphatic carbocycles. The Hall–Kier alpha value is -1.77. The van der Waals surface area contributed by atoms with Crippen LogP contribution in [-0.2, 0) is 10.2 Å². The van der Waals surface area contributed by atoms with E-state index in [0.29, 0.717) is 6.54 Å². The van der Waals surface area contributed by atoms with Crippen LogP contribution in [0.4, 0.5) is 5.69 Å². The lowest BCUT2D eigenvalue weighted by Gasteiger charge is -2.15. The largest absolute Gasteiger partial charge is 0.399 e. The summed E-state index contributed by atoms with van der Waals surface area (Å²) < 4.78 is 0. The van der Waals surface area contributed by atoms with Gasteiger partial charge < -0.3 is 11.1 Å². The molecule has 0 saturated heterocycles. The van der Waals surface area contributed by atoms with Gasteiger partial charge in [-0.15, -0.1) is 0 Å². The summed E-state index contributed by atoms with van der Waals surface area (Å²) in [6.07, 6.45) is 6.82. The van der Waals surface area contributed by atoms with Gasteiger partial charge in [0.25, 0.3) is 0 Å². The molecular formula is C15H20N2O. The Balaban J connectivity index is 1.98. The normalized spacial score (nSPS) is 16.7. The van der Waals surface area contributed by atoms with Crippen LogP contribution < -0.4 is 11.1 Å². The van der Waals surface area contributed by atoms with Crippen molar-refractivity contribution in [1.29, 1.82) is 0 Å². The summed E-state index contributed by atoms with van der Waals surface area (Å²) in [5, 5.41) is 3.01. The Morgan fingerprint density at radius 3 is 2.61 bits per heavy atom. The van der Waals surface area contributed by atoms with Crippen molar-refractivity contribution >= 4 is 11.6 Å². The van der Waals surface area contributed by atoms with Crippen LogP contribution in [0, 0.1) is 0 Å². The molecule has 0 unspecified atom stereocenters. The van der Waals surface area contributed by atoms with Crippen molar-refractivity contribution in [1.82, 2.24) is 5.32 Å². The highest BCUT2D eigenvalue weighted by Gasteiger charge is 2.50. The van der Waals surface area contributed by atoms with Crippen LogP contribution in [0.15, 0.2) is 36.4 Å². The minimum Gasteiger partial charge on any atom is -0.399 e. The molecule has 0 heterocycles. The summed E-state index contributed by atoms with van der Waals surface area (Å²) in [5.41, 5.74) is 7.21. The maximum absolute atomic E-state index is 12.2. The summed E-state index contributed by atoms with van der Waals surface area (Å²) in [6, 6.07) is 7.66. The molecule has 0 aliphatic heterocycles. The second-order valence-corrected chi connectivity index (χ2v) is 4.82. The van der Waals surface area contributed by atoms with E-state index < -0.39 is 0 Å². The van der Waals surface area contributed by atoms with E-state index in [2.05, 4.69) is 11.4 Å². The third kappa shape index (κ3) is 2.55. The van der Waals surface area contributed by atoms with Gasteiger partial charge in [-0.25, -0.2) is 0 Å². The van der Waals surface area contributed by atoms with Crippen molar-refractivity contribution in [3.8, 4) is 0 Å². The average Bonchev–Trinajstić information content (AvgIpc) is 3.17. The zero-order valence-electron chi connectivity index (χ0n) is 10.8. The second kappa shape index (κ2) is 5.25. The molecule has 96 valence electrons. The molecule has 0 radical (unpaired) electrons. The molecular weight excluding hydrogens is 224 g/mol. The molecule has 1 aromatic carbocycles. The van der Waals surface area contributed by atoms with Crippen molar-refractivity contribution in [3.05, 3.63) is 42.0 Å². The molecule has 0 aromatic heterocycles. The minimum atomic E-state index is -0.288. The lowest BCUT2D eigenvalue weighted by molar-refractivity contribution is -0.123. The Labute approximate surface area is 108 Å². The molecule has 3 heteroatoms. The van der Waals surface area contributed by atoms with Crippen LogP contribution in [0.1, 0.15) is 31.7 Å². The fourth-order valence-corrected chi connectivity index (χ4v) is 2.18. The highest BCUT2D eigenvalue weighted by atomic mass is 16.2. The Bertz CT molecular complexity index is 444. The van der Waals surface area contributed by atoms with Gasteiger partial charge in [0.15, 0.2) is 0 Å². The van der Waals surface area contributed by atoms with E-state index in [4.69, 9.17) is 5.73 Å². The summed E-state index contributed by atoms with van der Waals surface area (Å²) in [5.74, 6) is 0.150. The van der Waals surface area contributed by atoms with Gasteiger partial charge in [0, 0.05) is 12.2 Å². The highest BCUT2D eigenvalue weighted by Crippen LogP contribution is 2.48. The first-order valence-electron chi connectivity index (χ1n) is 6.44. The van der Waals surface area contributed by atoms with Gasteiger partial charge in [-0.2, -0.15) is 0 Å². The van der Waals surface area contributed by atoms with E-state index in [1.807, 2.05) is 37.3 Å².